The molecule has 0 spiro atoms. The van der Waals surface area contributed by atoms with Crippen LogP contribution < -0.4 is 10.4 Å². The van der Waals surface area contributed by atoms with Crippen molar-refractivity contribution in [2.45, 2.75) is 48.0 Å². The van der Waals surface area contributed by atoms with Gasteiger partial charge in [0.15, 0.2) is 5.76 Å². The summed E-state index contributed by atoms with van der Waals surface area (Å²) in [6.45, 7) is 15.8. The molecule has 0 amide bonds. The fourth-order valence-corrected chi connectivity index (χ4v) is 3.21. The second-order valence-electron chi connectivity index (χ2n) is 7.39. The van der Waals surface area contributed by atoms with Crippen LogP contribution in [-0.2, 0) is 9.78 Å². The maximum absolute atomic E-state index is 9.46. The SMILES string of the molecule is C=C(OO)/C(CC(C)(C)C(C)/C(OO)=C(C)\C=C/C)=c1/cccc/c1=C/C. The minimum atomic E-state index is -0.321. The van der Waals surface area contributed by atoms with E-state index in [4.69, 9.17) is 4.89 Å². The zero-order valence-corrected chi connectivity index (χ0v) is 17.2. The smallest absolute Gasteiger partial charge is 0.161 e. The van der Waals surface area contributed by atoms with E-state index < -0.39 is 0 Å². The lowest BCUT2D eigenvalue weighted by Gasteiger charge is -2.33. The van der Waals surface area contributed by atoms with Gasteiger partial charge in [0.1, 0.15) is 5.76 Å². The zero-order valence-electron chi connectivity index (χ0n) is 17.2. The zero-order chi connectivity index (χ0) is 20.6. The van der Waals surface area contributed by atoms with Gasteiger partial charge in [-0.2, -0.15) is 0 Å². The van der Waals surface area contributed by atoms with E-state index in [1.165, 1.54) is 0 Å². The van der Waals surface area contributed by atoms with Crippen LogP contribution in [0.4, 0.5) is 0 Å². The van der Waals surface area contributed by atoms with Crippen LogP contribution in [0.15, 0.2) is 60.1 Å². The summed E-state index contributed by atoms with van der Waals surface area (Å²) in [5, 5.41) is 20.7. The van der Waals surface area contributed by atoms with Crippen molar-refractivity contribution in [2.24, 2.45) is 11.3 Å². The molecular weight excluding hydrogens is 340 g/mol. The summed E-state index contributed by atoms with van der Waals surface area (Å²) in [5.74, 6) is 0.631. The van der Waals surface area contributed by atoms with Crippen molar-refractivity contribution in [3.63, 3.8) is 0 Å². The lowest BCUT2D eigenvalue weighted by atomic mass is 9.73. The minimum Gasteiger partial charge on any atom is -0.344 e. The van der Waals surface area contributed by atoms with Crippen LogP contribution >= 0.6 is 0 Å². The molecule has 1 rings (SSSR count). The van der Waals surface area contributed by atoms with Gasteiger partial charge in [0, 0.05) is 11.5 Å². The fraction of sp³-hybridized carbons (Fsp3) is 0.391. The Labute approximate surface area is 162 Å². The molecular formula is C23H32O4. The summed E-state index contributed by atoms with van der Waals surface area (Å²) in [4.78, 5) is 9.26. The van der Waals surface area contributed by atoms with E-state index in [1.807, 2.05) is 70.2 Å². The third kappa shape index (κ3) is 5.59. The molecule has 148 valence electrons. The van der Waals surface area contributed by atoms with Gasteiger partial charge >= 0.3 is 0 Å². The normalized spacial score (nSPS) is 16.1. The average Bonchev–Trinajstić information content (AvgIpc) is 2.66. The summed E-state index contributed by atoms with van der Waals surface area (Å²) >= 11 is 0. The highest BCUT2D eigenvalue weighted by Crippen LogP contribution is 2.40. The molecule has 0 aliphatic rings. The third-order valence-electron chi connectivity index (χ3n) is 5.15. The first-order chi connectivity index (χ1) is 12.7. The van der Waals surface area contributed by atoms with Crippen molar-refractivity contribution in [3.8, 4) is 0 Å². The van der Waals surface area contributed by atoms with Crippen LogP contribution in [0.25, 0.3) is 11.6 Å². The van der Waals surface area contributed by atoms with Crippen LogP contribution in [0.3, 0.4) is 0 Å². The van der Waals surface area contributed by atoms with Gasteiger partial charge in [-0.15, -0.1) is 0 Å². The molecule has 0 radical (unpaired) electrons. The van der Waals surface area contributed by atoms with Crippen molar-refractivity contribution in [1.82, 2.24) is 0 Å². The van der Waals surface area contributed by atoms with Crippen molar-refractivity contribution >= 4 is 11.6 Å². The molecule has 2 N–H and O–H groups in total. The van der Waals surface area contributed by atoms with Crippen LogP contribution in [0, 0.1) is 11.3 Å². The summed E-state index contributed by atoms with van der Waals surface area (Å²) in [6.07, 6.45) is 6.38. The van der Waals surface area contributed by atoms with E-state index in [0.29, 0.717) is 12.2 Å². The van der Waals surface area contributed by atoms with E-state index >= 15 is 0 Å². The molecule has 0 saturated carbocycles. The van der Waals surface area contributed by atoms with Crippen LogP contribution in [0.2, 0.25) is 0 Å². The molecule has 4 heteroatoms. The highest BCUT2D eigenvalue weighted by Gasteiger charge is 2.33. The van der Waals surface area contributed by atoms with Crippen molar-refractivity contribution in [2.75, 3.05) is 0 Å². The molecule has 4 nitrogen and oxygen atoms in total. The molecule has 1 atom stereocenters. The van der Waals surface area contributed by atoms with Gasteiger partial charge in [0.05, 0.1) is 0 Å². The number of benzene rings is 1. The molecule has 27 heavy (non-hydrogen) atoms. The summed E-state index contributed by atoms with van der Waals surface area (Å²) in [6, 6.07) is 7.91. The molecule has 0 aliphatic carbocycles. The minimum absolute atomic E-state index is 0.0991. The van der Waals surface area contributed by atoms with Gasteiger partial charge in [-0.25, -0.2) is 10.5 Å². The van der Waals surface area contributed by atoms with Crippen molar-refractivity contribution in [3.05, 3.63) is 70.5 Å². The lowest BCUT2D eigenvalue weighted by Crippen LogP contribution is -2.31. The molecule has 1 aromatic rings. The molecule has 0 heterocycles. The van der Waals surface area contributed by atoms with Gasteiger partial charge < -0.3 is 9.78 Å². The highest BCUT2D eigenvalue weighted by atomic mass is 17.1. The molecule has 0 bridgehead atoms. The van der Waals surface area contributed by atoms with E-state index in [1.54, 1.807) is 0 Å². The highest BCUT2D eigenvalue weighted by molar-refractivity contribution is 5.61. The summed E-state index contributed by atoms with van der Waals surface area (Å²) < 4.78 is 0. The van der Waals surface area contributed by atoms with Crippen molar-refractivity contribution in [1.29, 1.82) is 0 Å². The van der Waals surface area contributed by atoms with Crippen LogP contribution in [0.1, 0.15) is 48.0 Å². The predicted octanol–water partition coefficient (Wildman–Crippen LogP) is 5.03. The Hall–Kier alpha value is -2.30. The lowest BCUT2D eigenvalue weighted by molar-refractivity contribution is -0.216. The third-order valence-corrected chi connectivity index (χ3v) is 5.15. The first-order valence-electron chi connectivity index (χ1n) is 9.13. The summed E-state index contributed by atoms with van der Waals surface area (Å²) in [7, 11) is 0. The molecule has 0 aliphatic heterocycles. The monoisotopic (exact) mass is 372 g/mol. The first kappa shape index (κ1) is 22.7. The Bertz CT molecular complexity index is 828. The fourth-order valence-electron chi connectivity index (χ4n) is 3.21. The maximum atomic E-state index is 9.46. The second kappa shape index (κ2) is 10.1. The molecule has 0 saturated heterocycles. The maximum Gasteiger partial charge on any atom is 0.161 e. The Balaban J connectivity index is 3.54. The van der Waals surface area contributed by atoms with Gasteiger partial charge in [-0.3, -0.25) is 0 Å². The van der Waals surface area contributed by atoms with Crippen LogP contribution in [0.5, 0.6) is 0 Å². The molecule has 0 aromatic heterocycles. The number of hydrogen-bond donors (Lipinski definition) is 2. The van der Waals surface area contributed by atoms with Gasteiger partial charge in [0.25, 0.3) is 0 Å². The number of hydrogen-bond acceptors (Lipinski definition) is 4. The Morgan fingerprint density at radius 3 is 2.33 bits per heavy atom. The Morgan fingerprint density at radius 1 is 1.19 bits per heavy atom. The number of allylic oxidation sites excluding steroid dienone is 5. The van der Waals surface area contributed by atoms with Gasteiger partial charge in [-0.05, 0) is 48.6 Å². The Morgan fingerprint density at radius 2 is 1.81 bits per heavy atom. The van der Waals surface area contributed by atoms with Crippen molar-refractivity contribution < 1.29 is 20.3 Å². The van der Waals surface area contributed by atoms with E-state index in [2.05, 4.69) is 25.3 Å². The van der Waals surface area contributed by atoms with Gasteiger partial charge in [0.2, 0.25) is 0 Å². The van der Waals surface area contributed by atoms with E-state index in [-0.39, 0.29) is 17.1 Å². The van der Waals surface area contributed by atoms with Crippen LogP contribution in [-0.4, -0.2) is 10.5 Å². The largest absolute Gasteiger partial charge is 0.344 e. The second-order valence-corrected chi connectivity index (χ2v) is 7.39. The quantitative estimate of drug-likeness (QED) is 0.291. The predicted molar refractivity (Wildman–Crippen MR) is 111 cm³/mol. The molecule has 0 fully saturated rings. The standard InChI is InChI=1S/C23H32O4/c1-8-12-16(3)22(27-25)17(4)23(6,7)15-21(18(5)26-24)20-14-11-10-13-19(20)9-2/h8-14,17,24-25H,5,15H2,1-4,6-7H3/b12-8-,19-9-,21-20-,22-16+. The molecule has 1 aromatic carbocycles. The molecule has 1 unspecified atom stereocenters. The first-order valence-corrected chi connectivity index (χ1v) is 9.13. The Kier molecular flexibility index (Phi) is 8.54. The average molecular weight is 373 g/mol. The topological polar surface area (TPSA) is 58.9 Å². The number of rotatable bonds is 8. The van der Waals surface area contributed by atoms with E-state index in [9.17, 15) is 10.5 Å². The summed E-state index contributed by atoms with van der Waals surface area (Å²) in [5.41, 5.74) is 1.35. The van der Waals surface area contributed by atoms with E-state index in [0.717, 1.165) is 21.6 Å². The van der Waals surface area contributed by atoms with Gasteiger partial charge in [-0.1, -0.05) is 69.8 Å².